The van der Waals surface area contributed by atoms with Crippen LogP contribution >= 0.6 is 0 Å². The Labute approximate surface area is 184 Å². The van der Waals surface area contributed by atoms with Gasteiger partial charge in [-0.15, -0.1) is 0 Å². The number of benzene rings is 2. The fraction of sp³-hybridized carbons (Fsp3) is 0.385. The van der Waals surface area contributed by atoms with Crippen molar-refractivity contribution in [2.24, 2.45) is 0 Å². The van der Waals surface area contributed by atoms with Crippen LogP contribution < -0.4 is 4.74 Å². The number of piperidine rings is 1. The lowest BCUT2D eigenvalue weighted by Crippen LogP contribution is -2.38. The molecule has 162 valence electrons. The lowest BCUT2D eigenvalue weighted by Gasteiger charge is -2.29. The van der Waals surface area contributed by atoms with E-state index in [1.807, 2.05) is 54.6 Å². The zero-order valence-electron chi connectivity index (χ0n) is 18.2. The number of hydrogen-bond acceptors (Lipinski definition) is 4. The Kier molecular flexibility index (Phi) is 6.70. The van der Waals surface area contributed by atoms with E-state index in [2.05, 4.69) is 11.8 Å². The van der Waals surface area contributed by atoms with Crippen molar-refractivity contribution in [2.75, 3.05) is 26.2 Å². The van der Waals surface area contributed by atoms with Gasteiger partial charge in [0.15, 0.2) is 0 Å². The van der Waals surface area contributed by atoms with Crippen LogP contribution in [0.2, 0.25) is 0 Å². The van der Waals surface area contributed by atoms with E-state index in [0.717, 1.165) is 49.2 Å². The lowest BCUT2D eigenvalue weighted by atomic mass is 10.0. The molecule has 0 radical (unpaired) electrons. The van der Waals surface area contributed by atoms with Crippen LogP contribution in [0.3, 0.4) is 0 Å². The van der Waals surface area contributed by atoms with Crippen molar-refractivity contribution in [3.05, 3.63) is 71.4 Å². The summed E-state index contributed by atoms with van der Waals surface area (Å²) >= 11 is 0. The third kappa shape index (κ3) is 4.66. The van der Waals surface area contributed by atoms with E-state index in [1.165, 1.54) is 11.3 Å². The zero-order valence-corrected chi connectivity index (χ0v) is 18.2. The Morgan fingerprint density at radius 2 is 1.58 bits per heavy atom. The minimum Gasteiger partial charge on any atom is -0.494 e. The second-order valence-electron chi connectivity index (χ2n) is 8.14. The maximum Gasteiger partial charge on any atom is 0.277 e. The summed E-state index contributed by atoms with van der Waals surface area (Å²) in [6, 6.07) is 17.6. The van der Waals surface area contributed by atoms with Crippen LogP contribution in [-0.2, 0) is 16.0 Å². The highest BCUT2D eigenvalue weighted by Gasteiger charge is 2.41. The summed E-state index contributed by atoms with van der Waals surface area (Å²) < 4.78 is 5.68. The molecule has 0 atom stereocenters. The van der Waals surface area contributed by atoms with Crippen LogP contribution in [0.4, 0.5) is 0 Å². The quantitative estimate of drug-likeness (QED) is 0.601. The van der Waals surface area contributed by atoms with Crippen LogP contribution in [0.5, 0.6) is 5.75 Å². The number of carbonyl (C=O) groups excluding carboxylic acids is 2. The third-order valence-electron chi connectivity index (χ3n) is 5.90. The molecule has 0 N–H and O–H groups in total. The molecule has 0 saturated carbocycles. The molecule has 2 heterocycles. The van der Waals surface area contributed by atoms with Crippen LogP contribution in [0, 0.1) is 0 Å². The molecule has 1 saturated heterocycles. The van der Waals surface area contributed by atoms with E-state index in [-0.39, 0.29) is 11.8 Å². The van der Waals surface area contributed by atoms with Crippen LogP contribution in [0.25, 0.3) is 5.57 Å². The highest BCUT2D eigenvalue weighted by Crippen LogP contribution is 2.34. The molecule has 0 spiro atoms. The number of likely N-dealkylation sites (tertiary alicyclic amines) is 1. The molecule has 2 amide bonds. The Morgan fingerprint density at radius 3 is 2.26 bits per heavy atom. The summed E-state index contributed by atoms with van der Waals surface area (Å²) in [6.45, 7) is 4.76. The van der Waals surface area contributed by atoms with E-state index in [9.17, 15) is 9.59 Å². The standard InChI is InChI=1S/C26H30N2O3/c1-2-19-31-22-13-11-21(12-14-22)23-24(27-16-7-4-8-17-27)26(30)28(25(23)29)18-15-20-9-5-3-6-10-20/h3,5-6,9-14H,2,4,7-8,15-19H2,1H3. The fourth-order valence-corrected chi connectivity index (χ4v) is 4.26. The summed E-state index contributed by atoms with van der Waals surface area (Å²) in [5.41, 5.74) is 3.00. The minimum atomic E-state index is -0.191. The predicted octanol–water partition coefficient (Wildman–Crippen LogP) is 4.28. The topological polar surface area (TPSA) is 49.9 Å². The third-order valence-corrected chi connectivity index (χ3v) is 5.90. The Balaban J connectivity index is 1.61. The molecule has 0 aliphatic carbocycles. The molecular formula is C26H30N2O3. The van der Waals surface area contributed by atoms with Gasteiger partial charge in [0.1, 0.15) is 11.4 Å². The van der Waals surface area contributed by atoms with Gasteiger partial charge < -0.3 is 9.64 Å². The first-order chi connectivity index (χ1) is 15.2. The number of imide groups is 1. The van der Waals surface area contributed by atoms with E-state index in [0.29, 0.717) is 30.8 Å². The molecule has 2 aromatic rings. The molecule has 31 heavy (non-hydrogen) atoms. The van der Waals surface area contributed by atoms with Gasteiger partial charge in [-0.2, -0.15) is 0 Å². The zero-order chi connectivity index (χ0) is 21.6. The average molecular weight is 419 g/mol. The molecule has 2 aliphatic rings. The summed E-state index contributed by atoms with van der Waals surface area (Å²) in [6.07, 6.45) is 4.86. The molecule has 0 aromatic heterocycles. The maximum absolute atomic E-state index is 13.4. The number of hydrogen-bond donors (Lipinski definition) is 0. The molecule has 2 aromatic carbocycles. The van der Waals surface area contributed by atoms with Gasteiger partial charge >= 0.3 is 0 Å². The van der Waals surface area contributed by atoms with Crippen molar-refractivity contribution in [3.63, 3.8) is 0 Å². The van der Waals surface area contributed by atoms with E-state index in [4.69, 9.17) is 4.74 Å². The summed E-state index contributed by atoms with van der Waals surface area (Å²) in [7, 11) is 0. The summed E-state index contributed by atoms with van der Waals surface area (Å²) in [5.74, 6) is 0.427. The van der Waals surface area contributed by atoms with Crippen molar-refractivity contribution in [1.82, 2.24) is 9.80 Å². The second-order valence-corrected chi connectivity index (χ2v) is 8.14. The number of carbonyl (C=O) groups is 2. The molecule has 4 rings (SSSR count). The number of nitrogens with zero attached hydrogens (tertiary/aromatic N) is 2. The average Bonchev–Trinajstić information content (AvgIpc) is 3.07. The van der Waals surface area contributed by atoms with Crippen LogP contribution in [0.1, 0.15) is 43.7 Å². The fourth-order valence-electron chi connectivity index (χ4n) is 4.26. The van der Waals surface area contributed by atoms with E-state index in [1.54, 1.807) is 0 Å². The van der Waals surface area contributed by atoms with Crippen molar-refractivity contribution in [1.29, 1.82) is 0 Å². The Morgan fingerprint density at radius 1 is 0.871 bits per heavy atom. The van der Waals surface area contributed by atoms with E-state index >= 15 is 0 Å². The maximum atomic E-state index is 13.4. The van der Waals surface area contributed by atoms with Gasteiger partial charge in [0.2, 0.25) is 0 Å². The lowest BCUT2D eigenvalue weighted by molar-refractivity contribution is -0.137. The smallest absolute Gasteiger partial charge is 0.277 e. The van der Waals surface area contributed by atoms with Crippen molar-refractivity contribution in [3.8, 4) is 5.75 Å². The highest BCUT2D eigenvalue weighted by atomic mass is 16.5. The molecule has 5 heteroatoms. The predicted molar refractivity (Wildman–Crippen MR) is 121 cm³/mol. The second kappa shape index (κ2) is 9.82. The molecule has 0 unspecified atom stereocenters. The van der Waals surface area contributed by atoms with E-state index < -0.39 is 0 Å². The SMILES string of the molecule is CCCOc1ccc(C2=C(N3CCCCC3)C(=O)N(CCc3ccccc3)C2=O)cc1. The number of amides is 2. The first-order valence-electron chi connectivity index (χ1n) is 11.3. The number of ether oxygens (including phenoxy) is 1. The van der Waals surface area contributed by atoms with Crippen molar-refractivity contribution >= 4 is 17.4 Å². The highest BCUT2D eigenvalue weighted by molar-refractivity contribution is 6.35. The number of rotatable bonds is 8. The monoisotopic (exact) mass is 418 g/mol. The Bertz CT molecular complexity index is 944. The van der Waals surface area contributed by atoms with Crippen LogP contribution in [-0.4, -0.2) is 47.9 Å². The van der Waals surface area contributed by atoms with Crippen molar-refractivity contribution in [2.45, 2.75) is 39.0 Å². The van der Waals surface area contributed by atoms with Gasteiger partial charge in [0.25, 0.3) is 11.8 Å². The largest absolute Gasteiger partial charge is 0.494 e. The normalized spacial score (nSPS) is 16.9. The molecule has 2 aliphatic heterocycles. The molecule has 5 nitrogen and oxygen atoms in total. The molecule has 1 fully saturated rings. The molecular weight excluding hydrogens is 388 g/mol. The van der Waals surface area contributed by atoms with Gasteiger partial charge in [-0.25, -0.2) is 0 Å². The summed E-state index contributed by atoms with van der Waals surface area (Å²) in [5, 5.41) is 0. The first-order valence-corrected chi connectivity index (χ1v) is 11.3. The Hall–Kier alpha value is -3.08. The van der Waals surface area contributed by atoms with Crippen molar-refractivity contribution < 1.29 is 14.3 Å². The van der Waals surface area contributed by atoms with Gasteiger partial charge in [0, 0.05) is 19.6 Å². The van der Waals surface area contributed by atoms with Gasteiger partial charge in [-0.05, 0) is 55.4 Å². The van der Waals surface area contributed by atoms with Gasteiger partial charge in [-0.1, -0.05) is 49.4 Å². The van der Waals surface area contributed by atoms with Gasteiger partial charge in [0.05, 0.1) is 12.2 Å². The summed E-state index contributed by atoms with van der Waals surface area (Å²) in [4.78, 5) is 30.4. The van der Waals surface area contributed by atoms with Crippen LogP contribution in [0.15, 0.2) is 60.3 Å². The van der Waals surface area contributed by atoms with Gasteiger partial charge in [-0.3, -0.25) is 14.5 Å². The minimum absolute atomic E-state index is 0.163. The molecule has 0 bridgehead atoms. The first kappa shape index (κ1) is 21.2.